The van der Waals surface area contributed by atoms with Gasteiger partial charge in [-0.15, -0.1) is 0 Å². The molecule has 3 rings (SSSR count). The van der Waals surface area contributed by atoms with E-state index in [0.717, 1.165) is 16.9 Å². The van der Waals surface area contributed by atoms with Gasteiger partial charge in [0.2, 0.25) is 0 Å². The van der Waals surface area contributed by atoms with Gasteiger partial charge in [0.15, 0.2) is 11.5 Å². The summed E-state index contributed by atoms with van der Waals surface area (Å²) < 4.78 is 16.9. The summed E-state index contributed by atoms with van der Waals surface area (Å²) in [7, 11) is 3.26. The van der Waals surface area contributed by atoms with E-state index in [1.165, 1.54) is 0 Å². The van der Waals surface area contributed by atoms with Crippen LogP contribution in [-0.4, -0.2) is 49.9 Å². The summed E-state index contributed by atoms with van der Waals surface area (Å²) in [6, 6.07) is 11.3. The Morgan fingerprint density at radius 3 is 2.37 bits per heavy atom. The summed E-state index contributed by atoms with van der Waals surface area (Å²) in [5.41, 5.74) is 1.94. The van der Waals surface area contributed by atoms with Gasteiger partial charge in [0, 0.05) is 10.6 Å². The lowest BCUT2D eigenvalue weighted by molar-refractivity contribution is -0.143. The first kappa shape index (κ1) is 22.2. The van der Waals surface area contributed by atoms with Crippen molar-refractivity contribution in [2.24, 2.45) is 5.92 Å². The molecule has 0 aromatic heterocycles. The second kappa shape index (κ2) is 10.0. The van der Waals surface area contributed by atoms with E-state index < -0.39 is 5.97 Å². The number of ether oxygens (including phenoxy) is 3. The first-order chi connectivity index (χ1) is 14.5. The topological polar surface area (TPSA) is 68.2 Å². The number of hydrogen-bond donors (Lipinski definition) is 1. The fourth-order valence-electron chi connectivity index (χ4n) is 4.04. The molecule has 1 aliphatic rings. The van der Waals surface area contributed by atoms with Gasteiger partial charge in [-0.25, -0.2) is 0 Å². The molecule has 0 radical (unpaired) electrons. The monoisotopic (exact) mass is 433 g/mol. The summed E-state index contributed by atoms with van der Waals surface area (Å²) in [5, 5.41) is 10.00. The molecule has 162 valence electrons. The highest BCUT2D eigenvalue weighted by Gasteiger charge is 2.32. The van der Waals surface area contributed by atoms with Crippen LogP contribution in [0.3, 0.4) is 0 Å². The lowest BCUT2D eigenvalue weighted by atomic mass is 9.90. The standard InChI is InChI=1S/C23H28ClNO5/c1-4-30-20-7-5-16(13-21(20)29-3)22(18-14-17(24)6-8-19(18)28-2)25-11-9-15(10-12-25)23(26)27/h5-8,13-15,22H,4,9-12H2,1-3H3,(H,26,27). The van der Waals surface area contributed by atoms with E-state index in [2.05, 4.69) is 4.90 Å². The first-order valence-corrected chi connectivity index (χ1v) is 10.5. The molecule has 0 aliphatic carbocycles. The van der Waals surface area contributed by atoms with Gasteiger partial charge in [-0.2, -0.15) is 0 Å². The Kier molecular flexibility index (Phi) is 7.45. The van der Waals surface area contributed by atoms with Crippen molar-refractivity contribution in [1.29, 1.82) is 0 Å². The van der Waals surface area contributed by atoms with Crippen LogP contribution in [0.5, 0.6) is 17.2 Å². The number of methoxy groups -OCH3 is 2. The summed E-state index contributed by atoms with van der Waals surface area (Å²) >= 11 is 6.34. The van der Waals surface area contributed by atoms with Gasteiger partial charge in [-0.3, -0.25) is 9.69 Å². The van der Waals surface area contributed by atoms with E-state index in [-0.39, 0.29) is 12.0 Å². The van der Waals surface area contributed by atoms with Gasteiger partial charge in [-0.1, -0.05) is 17.7 Å². The van der Waals surface area contributed by atoms with Gasteiger partial charge >= 0.3 is 5.97 Å². The summed E-state index contributed by atoms with van der Waals surface area (Å²) in [6.07, 6.45) is 1.20. The maximum Gasteiger partial charge on any atom is 0.306 e. The molecule has 0 bridgehead atoms. The van der Waals surface area contributed by atoms with Crippen LogP contribution in [0, 0.1) is 5.92 Å². The molecule has 2 aromatic carbocycles. The number of hydrogen-bond acceptors (Lipinski definition) is 5. The van der Waals surface area contributed by atoms with Crippen LogP contribution in [0.1, 0.15) is 36.9 Å². The third-order valence-electron chi connectivity index (χ3n) is 5.53. The molecule has 0 amide bonds. The van der Waals surface area contributed by atoms with Crippen LogP contribution in [0.15, 0.2) is 36.4 Å². The number of halogens is 1. The Morgan fingerprint density at radius 1 is 1.10 bits per heavy atom. The van der Waals surface area contributed by atoms with Crippen LogP contribution < -0.4 is 14.2 Å². The van der Waals surface area contributed by atoms with Gasteiger partial charge < -0.3 is 19.3 Å². The molecule has 7 heteroatoms. The Morgan fingerprint density at radius 2 is 1.77 bits per heavy atom. The number of benzene rings is 2. The van der Waals surface area contributed by atoms with E-state index in [0.29, 0.717) is 49.1 Å². The molecule has 0 spiro atoms. The molecule has 1 saturated heterocycles. The Balaban J connectivity index is 2.05. The van der Waals surface area contributed by atoms with Crippen molar-refractivity contribution < 1.29 is 24.1 Å². The largest absolute Gasteiger partial charge is 0.496 e. The number of likely N-dealkylation sites (tertiary alicyclic amines) is 1. The minimum absolute atomic E-state index is 0.155. The number of carboxylic acid groups (broad SMARTS) is 1. The summed E-state index contributed by atoms with van der Waals surface area (Å²) in [5.74, 6) is 1.04. The van der Waals surface area contributed by atoms with Crippen LogP contribution in [0.4, 0.5) is 0 Å². The van der Waals surface area contributed by atoms with Crippen LogP contribution in [0.2, 0.25) is 5.02 Å². The summed E-state index contributed by atoms with van der Waals surface area (Å²) in [6.45, 7) is 3.79. The fraction of sp³-hybridized carbons (Fsp3) is 0.435. The minimum Gasteiger partial charge on any atom is -0.496 e. The van der Waals surface area contributed by atoms with E-state index >= 15 is 0 Å². The third kappa shape index (κ3) is 4.82. The predicted octanol–water partition coefficient (Wildman–Crippen LogP) is 4.64. The van der Waals surface area contributed by atoms with Crippen molar-refractivity contribution in [1.82, 2.24) is 4.90 Å². The second-order valence-corrected chi connectivity index (χ2v) is 7.72. The van der Waals surface area contributed by atoms with Gasteiger partial charge in [0.05, 0.1) is 32.8 Å². The molecule has 30 heavy (non-hydrogen) atoms. The maximum absolute atomic E-state index is 11.4. The van der Waals surface area contributed by atoms with E-state index in [9.17, 15) is 9.90 Å². The van der Waals surface area contributed by atoms with Crippen LogP contribution in [0.25, 0.3) is 0 Å². The molecule has 1 N–H and O–H groups in total. The van der Waals surface area contributed by atoms with Crippen LogP contribution >= 0.6 is 11.6 Å². The number of carbonyl (C=O) groups is 1. The molecule has 1 atom stereocenters. The van der Waals surface area contributed by atoms with Crippen molar-refractivity contribution in [2.75, 3.05) is 33.9 Å². The van der Waals surface area contributed by atoms with E-state index in [1.54, 1.807) is 20.3 Å². The lowest BCUT2D eigenvalue weighted by Crippen LogP contribution is -2.39. The Bertz CT molecular complexity index is 880. The Hall–Kier alpha value is -2.44. The number of aliphatic carboxylic acids is 1. The zero-order chi connectivity index (χ0) is 21.7. The second-order valence-electron chi connectivity index (χ2n) is 7.28. The van der Waals surface area contributed by atoms with Gasteiger partial charge in [-0.05, 0) is 68.8 Å². The fourth-order valence-corrected chi connectivity index (χ4v) is 4.22. The minimum atomic E-state index is -0.728. The number of nitrogens with zero attached hydrogens (tertiary/aromatic N) is 1. The van der Waals surface area contributed by atoms with E-state index in [4.69, 9.17) is 25.8 Å². The zero-order valence-corrected chi connectivity index (χ0v) is 18.3. The average molecular weight is 434 g/mol. The number of piperidine rings is 1. The molecule has 1 unspecified atom stereocenters. The smallest absolute Gasteiger partial charge is 0.306 e. The van der Waals surface area contributed by atoms with Crippen molar-refractivity contribution in [3.63, 3.8) is 0 Å². The molecule has 1 aliphatic heterocycles. The normalized spacial score (nSPS) is 16.1. The van der Waals surface area contributed by atoms with Gasteiger partial charge in [0.1, 0.15) is 5.75 Å². The first-order valence-electron chi connectivity index (χ1n) is 10.1. The van der Waals surface area contributed by atoms with Crippen molar-refractivity contribution >= 4 is 17.6 Å². The van der Waals surface area contributed by atoms with Crippen LogP contribution in [-0.2, 0) is 4.79 Å². The predicted molar refractivity (Wildman–Crippen MR) is 116 cm³/mol. The quantitative estimate of drug-likeness (QED) is 0.654. The average Bonchev–Trinajstić information content (AvgIpc) is 2.75. The number of carboxylic acids is 1. The Labute approximate surface area is 182 Å². The number of rotatable bonds is 8. The molecule has 2 aromatic rings. The van der Waals surface area contributed by atoms with Crippen molar-refractivity contribution in [3.8, 4) is 17.2 Å². The highest BCUT2D eigenvalue weighted by atomic mass is 35.5. The zero-order valence-electron chi connectivity index (χ0n) is 17.6. The SMILES string of the molecule is CCOc1ccc(C(c2cc(Cl)ccc2OC)N2CCC(C(=O)O)CC2)cc1OC. The lowest BCUT2D eigenvalue weighted by Gasteiger charge is -2.37. The van der Waals surface area contributed by atoms with Crippen molar-refractivity contribution in [2.45, 2.75) is 25.8 Å². The molecule has 1 heterocycles. The van der Waals surface area contributed by atoms with Crippen molar-refractivity contribution in [3.05, 3.63) is 52.5 Å². The summed E-state index contributed by atoms with van der Waals surface area (Å²) in [4.78, 5) is 13.7. The third-order valence-corrected chi connectivity index (χ3v) is 5.77. The molecule has 0 saturated carbocycles. The molecular formula is C23H28ClNO5. The molecular weight excluding hydrogens is 406 g/mol. The van der Waals surface area contributed by atoms with Gasteiger partial charge in [0.25, 0.3) is 0 Å². The highest BCUT2D eigenvalue weighted by molar-refractivity contribution is 6.30. The molecule has 1 fully saturated rings. The van der Waals surface area contributed by atoms with E-state index in [1.807, 2.05) is 37.3 Å². The highest BCUT2D eigenvalue weighted by Crippen LogP contribution is 2.41. The maximum atomic E-state index is 11.4. The molecule has 6 nitrogen and oxygen atoms in total.